The molecule has 3 nitrogen and oxygen atoms in total. The Bertz CT molecular complexity index is 1210. The maximum atomic E-state index is 10.0. The number of fused-ring (bicyclic) bond motifs is 2. The van der Waals surface area contributed by atoms with Crippen LogP contribution < -0.4 is 21.5 Å². The summed E-state index contributed by atoms with van der Waals surface area (Å²) in [6.07, 6.45) is 4.11. The molecule has 0 radical (unpaired) electrons. The summed E-state index contributed by atoms with van der Waals surface area (Å²) in [6, 6.07) is 29.9. The molecule has 0 atom stereocenters. The van der Waals surface area contributed by atoms with E-state index in [1.165, 1.54) is 32.7 Å². The predicted octanol–water partition coefficient (Wildman–Crippen LogP) is 1.67. The maximum Gasteiger partial charge on any atom is 0.283 e. The summed E-state index contributed by atoms with van der Waals surface area (Å²) >= 11 is 0. The lowest BCUT2D eigenvalue weighted by molar-refractivity contribution is -0.697. The Balaban J connectivity index is 0.00000218. The number of hydrogen-bond acceptors (Lipinski definition) is 1. The highest BCUT2D eigenvalue weighted by Gasteiger charge is 2.17. The molecule has 4 heteroatoms. The van der Waals surface area contributed by atoms with Gasteiger partial charge < -0.3 is 22.1 Å². The zero-order valence-corrected chi connectivity index (χ0v) is 18.2. The van der Waals surface area contributed by atoms with E-state index in [4.69, 9.17) is 0 Å². The maximum absolute atomic E-state index is 10.0. The van der Waals surface area contributed by atoms with Crippen molar-refractivity contribution in [3.8, 4) is 0 Å². The van der Waals surface area contributed by atoms with Crippen LogP contribution in [0.15, 0.2) is 97.3 Å². The summed E-state index contributed by atoms with van der Waals surface area (Å²) in [5.74, 6) is 0.909. The number of halogens is 1. The van der Waals surface area contributed by atoms with Crippen molar-refractivity contribution in [1.82, 2.24) is 4.57 Å². The molecular formula is C26H23BrN2O. The molecule has 0 saturated carbocycles. The second-order valence-electron chi connectivity index (χ2n) is 7.49. The number of nitrogens with zero attached hydrogens (tertiary/aromatic N) is 2. The molecule has 0 aliphatic rings. The number of hydrogen-bond donors (Lipinski definition) is 1. The monoisotopic (exact) mass is 458 g/mol. The lowest BCUT2D eigenvalue weighted by Crippen LogP contribution is -3.00. The minimum absolute atomic E-state index is 0. The summed E-state index contributed by atoms with van der Waals surface area (Å²) in [7, 11) is 0. The van der Waals surface area contributed by atoms with Crippen LogP contribution in [0.25, 0.3) is 21.5 Å². The zero-order valence-electron chi connectivity index (χ0n) is 16.6. The lowest BCUT2D eigenvalue weighted by Gasteiger charge is -2.06. The molecule has 1 aromatic heterocycles. The van der Waals surface area contributed by atoms with Crippen molar-refractivity contribution in [2.45, 2.75) is 19.7 Å². The van der Waals surface area contributed by atoms with Crippen LogP contribution in [-0.4, -0.2) is 9.67 Å². The topological polar surface area (TPSA) is 29.0 Å². The van der Waals surface area contributed by atoms with Crippen LogP contribution in [0.5, 0.6) is 0 Å². The molecular weight excluding hydrogens is 436 g/mol. The van der Waals surface area contributed by atoms with Crippen LogP contribution in [0.2, 0.25) is 0 Å². The van der Waals surface area contributed by atoms with E-state index in [2.05, 4.69) is 106 Å². The molecule has 0 amide bonds. The fourth-order valence-corrected chi connectivity index (χ4v) is 4.04. The molecule has 1 N–H and O–H groups in total. The van der Waals surface area contributed by atoms with Crippen molar-refractivity contribution in [2.24, 2.45) is 0 Å². The second kappa shape index (κ2) is 8.82. The second-order valence-corrected chi connectivity index (χ2v) is 7.49. The van der Waals surface area contributed by atoms with Crippen molar-refractivity contribution in [1.29, 1.82) is 0 Å². The van der Waals surface area contributed by atoms with Crippen molar-refractivity contribution in [3.05, 3.63) is 114 Å². The lowest BCUT2D eigenvalue weighted by atomic mass is 10.1. The van der Waals surface area contributed by atoms with Crippen molar-refractivity contribution in [3.63, 3.8) is 0 Å². The van der Waals surface area contributed by atoms with Gasteiger partial charge in [-0.3, -0.25) is 0 Å². The highest BCUT2D eigenvalue weighted by molar-refractivity contribution is 5.83. The van der Waals surface area contributed by atoms with Gasteiger partial charge in [0.2, 0.25) is 0 Å². The summed E-state index contributed by atoms with van der Waals surface area (Å²) in [6.45, 7) is 1.49. The van der Waals surface area contributed by atoms with Gasteiger partial charge in [-0.2, -0.15) is 0 Å². The summed E-state index contributed by atoms with van der Waals surface area (Å²) in [4.78, 5) is 0. The first kappa shape index (κ1) is 20.3. The smallest absolute Gasteiger partial charge is 0.283 e. The molecule has 0 spiro atoms. The number of imidazole rings is 1. The van der Waals surface area contributed by atoms with Gasteiger partial charge in [0.25, 0.3) is 5.82 Å². The van der Waals surface area contributed by atoms with Gasteiger partial charge >= 0.3 is 0 Å². The number of rotatable bonds is 5. The molecule has 1 heterocycles. The van der Waals surface area contributed by atoms with Crippen LogP contribution in [0.1, 0.15) is 17.0 Å². The number of benzene rings is 4. The largest absolute Gasteiger partial charge is 1.00 e. The number of aliphatic hydroxyl groups excluding tert-OH is 1. The molecule has 150 valence electrons. The molecule has 0 aliphatic heterocycles. The fourth-order valence-electron chi connectivity index (χ4n) is 4.04. The van der Waals surface area contributed by atoms with E-state index in [1.54, 1.807) is 0 Å². The van der Waals surface area contributed by atoms with Gasteiger partial charge in [-0.15, -0.1) is 0 Å². The molecule has 0 bridgehead atoms. The molecule has 0 fully saturated rings. The third-order valence-electron chi connectivity index (χ3n) is 5.56. The zero-order chi connectivity index (χ0) is 19.6. The molecule has 5 aromatic rings. The van der Waals surface area contributed by atoms with E-state index < -0.39 is 0 Å². The van der Waals surface area contributed by atoms with Gasteiger partial charge in [0, 0.05) is 0 Å². The first-order valence-corrected chi connectivity index (χ1v) is 9.94. The predicted molar refractivity (Wildman–Crippen MR) is 117 cm³/mol. The Kier molecular flexibility index (Phi) is 5.98. The Morgan fingerprint density at radius 3 is 1.90 bits per heavy atom. The quantitative estimate of drug-likeness (QED) is 0.399. The van der Waals surface area contributed by atoms with E-state index in [0.29, 0.717) is 0 Å². The number of aromatic nitrogens is 2. The average molecular weight is 459 g/mol. The molecule has 4 aromatic carbocycles. The highest BCUT2D eigenvalue weighted by atomic mass is 79.9. The normalized spacial score (nSPS) is 11.0. The van der Waals surface area contributed by atoms with Gasteiger partial charge in [0.15, 0.2) is 0 Å². The highest BCUT2D eigenvalue weighted by Crippen LogP contribution is 2.18. The SMILES string of the molecule is OCc1n(Cc2ccc3ccccc3c2)cc[n+]1Cc1ccc2ccccc2c1.[Br-]. The standard InChI is InChI=1S/C26H23N2O.BrH/c29-19-26-27(17-20-9-11-22-5-1-3-7-24(22)15-20)13-14-28(26)18-21-10-12-23-6-2-4-8-25(23)16-21;/h1-16,29H,17-19H2;1H/q+1;/p-1. The van der Waals surface area contributed by atoms with E-state index in [9.17, 15) is 5.11 Å². The Morgan fingerprint density at radius 1 is 0.700 bits per heavy atom. The van der Waals surface area contributed by atoms with Crippen molar-refractivity contribution >= 4 is 21.5 Å². The third kappa shape index (κ3) is 4.02. The minimum Gasteiger partial charge on any atom is -1.00 e. The van der Waals surface area contributed by atoms with E-state index in [1.807, 2.05) is 0 Å². The summed E-state index contributed by atoms with van der Waals surface area (Å²) in [5, 5.41) is 15.0. The van der Waals surface area contributed by atoms with Gasteiger partial charge in [-0.05, 0) is 44.8 Å². The molecule has 0 unspecified atom stereocenters. The Morgan fingerprint density at radius 2 is 1.27 bits per heavy atom. The van der Waals surface area contributed by atoms with E-state index >= 15 is 0 Å². The third-order valence-corrected chi connectivity index (χ3v) is 5.56. The first-order chi connectivity index (χ1) is 14.3. The minimum atomic E-state index is 0. The van der Waals surface area contributed by atoms with Crippen LogP contribution in [-0.2, 0) is 19.7 Å². The van der Waals surface area contributed by atoms with E-state index in [0.717, 1.165) is 18.9 Å². The summed E-state index contributed by atoms with van der Waals surface area (Å²) in [5.41, 5.74) is 2.46. The van der Waals surface area contributed by atoms with Crippen molar-refractivity contribution < 1.29 is 26.7 Å². The van der Waals surface area contributed by atoms with Crippen molar-refractivity contribution in [2.75, 3.05) is 0 Å². The van der Waals surface area contributed by atoms with Crippen LogP contribution in [0.3, 0.4) is 0 Å². The van der Waals surface area contributed by atoms with Crippen LogP contribution in [0, 0.1) is 0 Å². The molecule has 0 aliphatic carbocycles. The Labute approximate surface area is 186 Å². The molecule has 30 heavy (non-hydrogen) atoms. The molecule has 0 saturated heterocycles. The van der Waals surface area contributed by atoms with Crippen LogP contribution in [0.4, 0.5) is 0 Å². The summed E-state index contributed by atoms with van der Waals surface area (Å²) < 4.78 is 4.26. The molecule has 5 rings (SSSR count). The first-order valence-electron chi connectivity index (χ1n) is 9.94. The van der Waals surface area contributed by atoms with Gasteiger partial charge in [-0.25, -0.2) is 9.13 Å². The van der Waals surface area contributed by atoms with Gasteiger partial charge in [0.05, 0.1) is 0 Å². The Hall–Kier alpha value is -2.95. The fraction of sp³-hybridized carbons (Fsp3) is 0.115. The van der Waals surface area contributed by atoms with Gasteiger partial charge in [-0.1, -0.05) is 72.8 Å². The van der Waals surface area contributed by atoms with Crippen LogP contribution >= 0.6 is 0 Å². The van der Waals surface area contributed by atoms with E-state index in [-0.39, 0.29) is 23.6 Å². The van der Waals surface area contributed by atoms with Gasteiger partial charge in [0.1, 0.15) is 32.1 Å². The average Bonchev–Trinajstić information content (AvgIpc) is 3.14. The number of aliphatic hydroxyl groups is 1.